The van der Waals surface area contributed by atoms with E-state index in [1.54, 1.807) is 6.08 Å². The van der Waals surface area contributed by atoms with Crippen molar-refractivity contribution in [3.63, 3.8) is 0 Å². The van der Waals surface area contributed by atoms with E-state index in [4.69, 9.17) is 40.0 Å². The molecule has 2 aromatic rings. The lowest BCUT2D eigenvalue weighted by Gasteiger charge is -2.46. The van der Waals surface area contributed by atoms with E-state index < -0.39 is 6.10 Å². The average Bonchev–Trinajstić information content (AvgIpc) is 3.05. The molecule has 0 bridgehead atoms. The van der Waals surface area contributed by atoms with Crippen molar-refractivity contribution in [3.05, 3.63) is 76.8 Å². The summed E-state index contributed by atoms with van der Waals surface area (Å²) in [5, 5.41) is 0.597. The van der Waals surface area contributed by atoms with Crippen molar-refractivity contribution in [3.8, 4) is 5.75 Å². The number of hydrogen-bond acceptors (Lipinski definition) is 6. The molecule has 7 heteroatoms. The van der Waals surface area contributed by atoms with Crippen LogP contribution in [0.15, 0.2) is 55.1 Å². The van der Waals surface area contributed by atoms with Crippen LogP contribution in [0.1, 0.15) is 102 Å². The Morgan fingerprint density at radius 1 is 0.778 bits per heavy atom. The highest BCUT2D eigenvalue weighted by Gasteiger charge is 2.49. The fourth-order valence-corrected chi connectivity index (χ4v) is 5.70. The fraction of sp³-hybridized carbons (Fsp3) is 0.632. The van der Waals surface area contributed by atoms with Gasteiger partial charge in [-0.1, -0.05) is 114 Å². The maximum absolute atomic E-state index is 7.01. The quantitative estimate of drug-likeness (QED) is 0.0888. The zero-order valence-corrected chi connectivity index (χ0v) is 28.9. The summed E-state index contributed by atoms with van der Waals surface area (Å²) in [5.41, 5.74) is 3.08. The molecule has 252 valence electrons. The summed E-state index contributed by atoms with van der Waals surface area (Å²) in [6.45, 7) is 15.9. The molecule has 1 fully saturated rings. The molecule has 0 aliphatic carbocycles. The molecule has 0 spiro atoms. The van der Waals surface area contributed by atoms with Gasteiger partial charge in [-0.05, 0) is 54.9 Å². The minimum atomic E-state index is -0.433. The predicted octanol–water partition coefficient (Wildman–Crippen LogP) is 9.31. The Morgan fingerprint density at radius 3 is 2.00 bits per heavy atom. The monoisotopic (exact) mass is 644 g/mol. The van der Waals surface area contributed by atoms with Gasteiger partial charge in [-0.2, -0.15) is 0 Å². The molecular weight excluding hydrogens is 588 g/mol. The molecule has 1 heterocycles. The van der Waals surface area contributed by atoms with Crippen LogP contribution in [0, 0.1) is 0 Å². The van der Waals surface area contributed by atoms with Crippen molar-refractivity contribution in [2.24, 2.45) is 0 Å². The van der Waals surface area contributed by atoms with Gasteiger partial charge in [0.25, 0.3) is 0 Å². The normalized spacial score (nSPS) is 21.6. The molecule has 0 unspecified atom stereocenters. The van der Waals surface area contributed by atoms with E-state index in [2.05, 4.69) is 52.5 Å². The molecule has 6 nitrogen and oxygen atoms in total. The Morgan fingerprint density at radius 2 is 1.38 bits per heavy atom. The van der Waals surface area contributed by atoms with Gasteiger partial charge in [0.15, 0.2) is 0 Å². The van der Waals surface area contributed by atoms with Crippen LogP contribution in [0.2, 0.25) is 5.02 Å². The van der Waals surface area contributed by atoms with E-state index in [0.29, 0.717) is 56.8 Å². The van der Waals surface area contributed by atoms with Crippen molar-refractivity contribution in [2.75, 3.05) is 39.6 Å². The Balaban J connectivity index is 2.09. The van der Waals surface area contributed by atoms with Crippen LogP contribution in [-0.2, 0) is 30.1 Å². The largest absolute Gasteiger partial charge is 0.488 e. The molecule has 0 radical (unpaired) electrons. The second-order valence-corrected chi connectivity index (χ2v) is 12.2. The van der Waals surface area contributed by atoms with Crippen LogP contribution >= 0.6 is 11.6 Å². The van der Waals surface area contributed by atoms with E-state index in [-0.39, 0.29) is 24.4 Å². The van der Waals surface area contributed by atoms with Gasteiger partial charge < -0.3 is 28.4 Å². The van der Waals surface area contributed by atoms with Gasteiger partial charge in [0.05, 0.1) is 11.6 Å². The Kier molecular flexibility index (Phi) is 18.2. The molecule has 3 rings (SSSR count). The highest BCUT2D eigenvalue weighted by atomic mass is 35.5. The number of rotatable bonds is 23. The number of benzene rings is 2. The van der Waals surface area contributed by atoms with Crippen LogP contribution in [0.3, 0.4) is 0 Å². The first-order chi connectivity index (χ1) is 22.1. The highest BCUT2D eigenvalue weighted by molar-refractivity contribution is 6.32. The molecule has 5 atom stereocenters. The van der Waals surface area contributed by atoms with Crippen LogP contribution in [0.4, 0.5) is 0 Å². The fourth-order valence-electron chi connectivity index (χ4n) is 5.47. The Bertz CT molecular complexity index is 1080. The van der Waals surface area contributed by atoms with Crippen molar-refractivity contribution in [1.29, 1.82) is 0 Å². The average molecular weight is 645 g/mol. The zero-order valence-electron chi connectivity index (χ0n) is 28.1. The Labute approximate surface area is 277 Å². The van der Waals surface area contributed by atoms with E-state index in [0.717, 1.165) is 62.5 Å². The minimum absolute atomic E-state index is 0.314. The molecule has 0 aromatic heterocycles. The summed E-state index contributed by atoms with van der Waals surface area (Å²) in [5.74, 6) is 0.608. The molecule has 2 aromatic carbocycles. The van der Waals surface area contributed by atoms with Crippen molar-refractivity contribution < 1.29 is 28.4 Å². The number of hydrogen-bond donors (Lipinski definition) is 0. The maximum Gasteiger partial charge on any atom is 0.139 e. The number of halogens is 1. The van der Waals surface area contributed by atoms with Crippen molar-refractivity contribution in [2.45, 2.75) is 116 Å². The maximum atomic E-state index is 7.01. The molecule has 0 saturated carbocycles. The number of unbranched alkanes of at least 4 members (excludes halogenated alkanes) is 4. The lowest BCUT2D eigenvalue weighted by atomic mass is 9.89. The van der Waals surface area contributed by atoms with Crippen LogP contribution in [0.25, 0.3) is 0 Å². The van der Waals surface area contributed by atoms with E-state index in [1.807, 2.05) is 24.3 Å². The molecule has 1 aliphatic rings. The van der Waals surface area contributed by atoms with Crippen LogP contribution in [0.5, 0.6) is 5.75 Å². The van der Waals surface area contributed by atoms with Gasteiger partial charge in [-0.25, -0.2) is 0 Å². The van der Waals surface area contributed by atoms with Gasteiger partial charge in [-0.3, -0.25) is 0 Å². The zero-order chi connectivity index (χ0) is 32.3. The first-order valence-corrected chi connectivity index (χ1v) is 17.6. The number of ether oxygens (including phenoxy) is 6. The predicted molar refractivity (Wildman–Crippen MR) is 184 cm³/mol. The molecule has 0 amide bonds. The summed E-state index contributed by atoms with van der Waals surface area (Å²) in [6, 6.07) is 14.5. The summed E-state index contributed by atoms with van der Waals surface area (Å²) in [6.07, 6.45) is 8.69. The van der Waals surface area contributed by atoms with Crippen LogP contribution < -0.4 is 4.74 Å². The summed E-state index contributed by atoms with van der Waals surface area (Å²) >= 11 is 6.98. The van der Waals surface area contributed by atoms with Crippen molar-refractivity contribution >= 4 is 11.6 Å². The van der Waals surface area contributed by atoms with Gasteiger partial charge in [0.2, 0.25) is 0 Å². The lowest BCUT2D eigenvalue weighted by molar-refractivity contribution is -0.268. The molecular formula is C38H57ClO6. The van der Waals surface area contributed by atoms with Gasteiger partial charge in [0, 0.05) is 26.4 Å². The second kappa shape index (κ2) is 21.8. The molecule has 0 N–H and O–H groups in total. The first-order valence-electron chi connectivity index (χ1n) is 17.3. The minimum Gasteiger partial charge on any atom is -0.488 e. The third-order valence-corrected chi connectivity index (χ3v) is 8.47. The molecule has 1 saturated heterocycles. The highest BCUT2D eigenvalue weighted by Crippen LogP contribution is 2.41. The van der Waals surface area contributed by atoms with E-state index in [1.165, 1.54) is 5.56 Å². The van der Waals surface area contributed by atoms with Gasteiger partial charge in [-0.15, -0.1) is 0 Å². The molecule has 45 heavy (non-hydrogen) atoms. The van der Waals surface area contributed by atoms with E-state index >= 15 is 0 Å². The second-order valence-electron chi connectivity index (χ2n) is 11.8. The molecule has 1 aliphatic heterocycles. The third-order valence-electron chi connectivity index (χ3n) is 8.04. The van der Waals surface area contributed by atoms with Crippen molar-refractivity contribution in [1.82, 2.24) is 0 Å². The van der Waals surface area contributed by atoms with Crippen LogP contribution in [-0.4, -0.2) is 64.1 Å². The van der Waals surface area contributed by atoms with E-state index in [9.17, 15) is 0 Å². The summed E-state index contributed by atoms with van der Waals surface area (Å²) < 4.78 is 39.3. The Hall–Kier alpha value is -1.93. The summed E-state index contributed by atoms with van der Waals surface area (Å²) in [7, 11) is 0. The van der Waals surface area contributed by atoms with Gasteiger partial charge >= 0.3 is 0 Å². The lowest BCUT2D eigenvalue weighted by Crippen LogP contribution is -2.58. The smallest absolute Gasteiger partial charge is 0.139 e. The SMILES string of the molecule is C=CCOc1cc([C@@H]2O[C@H](COCCCC)[C@@H](OCCCC)[C@H](OCCCC)[C@H]2OCCCC)cc(Cc2ccccc2)c1Cl. The standard InChI is InChI=1S/C38H57ClO6/c1-6-11-21-40-28-33-36(42-22-12-7-2)38(44-24-14-9-4)37(43-23-13-8-3)35(45-33)31-26-30(25-29-18-16-15-17-19-29)34(39)32(27-31)41-20-10-5/h10,15-19,26-27,33,35-38H,5-9,11-14,20-25,28H2,1-4H3/t33-,35+,36-,37+,38+/m1/s1. The first kappa shape index (κ1) is 37.5. The third kappa shape index (κ3) is 12.0. The topological polar surface area (TPSA) is 55.4 Å². The van der Waals surface area contributed by atoms with Gasteiger partial charge in [0.1, 0.15) is 42.9 Å². The summed E-state index contributed by atoms with van der Waals surface area (Å²) in [4.78, 5) is 0.